The number of nitrogens with zero attached hydrogens (tertiary/aromatic N) is 2. The zero-order valence-electron chi connectivity index (χ0n) is 21.0. The van der Waals surface area contributed by atoms with Crippen molar-refractivity contribution in [2.24, 2.45) is 5.92 Å². The predicted octanol–water partition coefficient (Wildman–Crippen LogP) is 2.37. The summed E-state index contributed by atoms with van der Waals surface area (Å²) in [6.45, 7) is 8.86. The molecule has 0 unspecified atom stereocenters. The minimum atomic E-state index is -3.51. The smallest absolute Gasteiger partial charge is 0.317 e. The van der Waals surface area contributed by atoms with Crippen molar-refractivity contribution in [3.8, 4) is 5.75 Å². The van der Waals surface area contributed by atoms with E-state index in [9.17, 15) is 18.0 Å². The zero-order chi connectivity index (χ0) is 25.5. The average molecular weight is 499 g/mol. The van der Waals surface area contributed by atoms with E-state index in [1.54, 1.807) is 31.2 Å². The van der Waals surface area contributed by atoms with Gasteiger partial charge in [0.25, 0.3) is 5.91 Å². The molecule has 0 spiro atoms. The highest BCUT2D eigenvalue weighted by atomic mass is 32.2. The number of sulfonamides is 1. The first-order valence-corrected chi connectivity index (χ1v) is 13.3. The maximum absolute atomic E-state index is 13.3. The van der Waals surface area contributed by atoms with Crippen LogP contribution in [-0.4, -0.2) is 88.5 Å². The summed E-state index contributed by atoms with van der Waals surface area (Å²) < 4.78 is 38.2. The van der Waals surface area contributed by atoms with Gasteiger partial charge in [-0.3, -0.25) is 9.52 Å². The lowest BCUT2D eigenvalue weighted by Gasteiger charge is -2.36. The van der Waals surface area contributed by atoms with Gasteiger partial charge in [0.1, 0.15) is 12.4 Å². The van der Waals surface area contributed by atoms with Gasteiger partial charge in [0.15, 0.2) is 0 Å². The van der Waals surface area contributed by atoms with Gasteiger partial charge < -0.3 is 24.6 Å². The lowest BCUT2D eigenvalue weighted by molar-refractivity contribution is 0.0166. The first-order chi connectivity index (χ1) is 16.0. The fourth-order valence-electron chi connectivity index (χ4n) is 3.71. The lowest BCUT2D eigenvalue weighted by Crippen LogP contribution is -2.51. The fraction of sp³-hybridized carbons (Fsp3) is 0.652. The molecule has 1 aromatic rings. The van der Waals surface area contributed by atoms with E-state index in [-0.39, 0.29) is 53.6 Å². The zero-order valence-corrected chi connectivity index (χ0v) is 21.8. The molecule has 11 heteroatoms. The van der Waals surface area contributed by atoms with Crippen molar-refractivity contribution in [2.45, 2.75) is 46.3 Å². The second-order valence-electron chi connectivity index (χ2n) is 8.70. The summed E-state index contributed by atoms with van der Waals surface area (Å²) in [5.74, 6) is -0.140. The highest BCUT2D eigenvalue weighted by Gasteiger charge is 2.30. The molecule has 0 aromatic heterocycles. The van der Waals surface area contributed by atoms with Gasteiger partial charge in [0, 0.05) is 45.4 Å². The van der Waals surface area contributed by atoms with E-state index in [2.05, 4.69) is 10.0 Å². The number of hydrogen-bond donors (Lipinski definition) is 2. The number of carbonyl (C=O) groups is 2. The Morgan fingerprint density at radius 2 is 1.94 bits per heavy atom. The van der Waals surface area contributed by atoms with E-state index in [0.29, 0.717) is 25.4 Å². The van der Waals surface area contributed by atoms with Crippen LogP contribution in [0, 0.1) is 5.92 Å². The highest BCUT2D eigenvalue weighted by Crippen LogP contribution is 2.27. The fourth-order valence-corrected chi connectivity index (χ4v) is 4.34. The van der Waals surface area contributed by atoms with Crippen molar-refractivity contribution >= 4 is 27.6 Å². The summed E-state index contributed by atoms with van der Waals surface area (Å²) in [7, 11) is -0.261. The number of rotatable bonds is 6. The molecule has 0 bridgehead atoms. The van der Waals surface area contributed by atoms with Crippen molar-refractivity contribution in [3.05, 3.63) is 23.8 Å². The van der Waals surface area contributed by atoms with Gasteiger partial charge in [-0.05, 0) is 38.5 Å². The van der Waals surface area contributed by atoms with Crippen LogP contribution < -0.4 is 14.8 Å². The number of carbonyl (C=O) groups excluding carboxylic acids is 2. The number of methoxy groups -OCH3 is 1. The monoisotopic (exact) mass is 498 g/mol. The molecule has 1 aliphatic heterocycles. The molecule has 0 fully saturated rings. The van der Waals surface area contributed by atoms with E-state index in [0.717, 1.165) is 6.42 Å². The Morgan fingerprint density at radius 3 is 2.56 bits per heavy atom. The van der Waals surface area contributed by atoms with Crippen molar-refractivity contribution in [2.75, 3.05) is 50.9 Å². The van der Waals surface area contributed by atoms with Crippen molar-refractivity contribution in [1.29, 1.82) is 0 Å². The number of urea groups is 1. The molecule has 2 N–H and O–H groups in total. The summed E-state index contributed by atoms with van der Waals surface area (Å²) >= 11 is 0. The third-order valence-electron chi connectivity index (χ3n) is 5.89. The molecule has 0 saturated heterocycles. The molecule has 10 nitrogen and oxygen atoms in total. The third-order valence-corrected chi connectivity index (χ3v) is 7.19. The van der Waals surface area contributed by atoms with E-state index >= 15 is 0 Å². The molecule has 3 atom stereocenters. The van der Waals surface area contributed by atoms with Crippen LogP contribution in [-0.2, 0) is 14.8 Å². The SMILES string of the molecule is CCCNC(=O)N1C[C@@H](C)[C@@H](OC)CN(C)C(=O)c2cc(NS(=O)(=O)CC)ccc2OC[C@@H]1C. The van der Waals surface area contributed by atoms with Crippen LogP contribution >= 0.6 is 0 Å². The molecule has 34 heavy (non-hydrogen) atoms. The minimum absolute atomic E-state index is 0.0586. The molecule has 2 rings (SSSR count). The molecule has 1 aliphatic rings. The summed E-state index contributed by atoms with van der Waals surface area (Å²) in [6, 6.07) is 4.15. The molecular formula is C23H38N4O6S. The number of benzene rings is 1. The second kappa shape index (κ2) is 12.3. The van der Waals surface area contributed by atoms with Gasteiger partial charge in [-0.1, -0.05) is 13.8 Å². The lowest BCUT2D eigenvalue weighted by atomic mass is 10.0. The number of amides is 3. The minimum Gasteiger partial charge on any atom is -0.491 e. The molecule has 0 saturated carbocycles. The Balaban J connectivity index is 2.45. The van der Waals surface area contributed by atoms with Crippen LogP contribution in [0.3, 0.4) is 0 Å². The maximum atomic E-state index is 13.3. The highest BCUT2D eigenvalue weighted by molar-refractivity contribution is 7.92. The van der Waals surface area contributed by atoms with Gasteiger partial charge >= 0.3 is 6.03 Å². The van der Waals surface area contributed by atoms with Crippen molar-refractivity contribution in [1.82, 2.24) is 15.1 Å². The van der Waals surface area contributed by atoms with Crippen LogP contribution in [0.2, 0.25) is 0 Å². The number of anilines is 1. The Kier molecular flexibility index (Phi) is 9.99. The first kappa shape index (κ1) is 27.7. The average Bonchev–Trinajstić information content (AvgIpc) is 2.81. The Hall–Kier alpha value is -2.53. The molecular weight excluding hydrogens is 460 g/mol. The number of nitrogens with one attached hydrogen (secondary N) is 2. The summed E-state index contributed by atoms with van der Waals surface area (Å²) in [6.07, 6.45) is 0.513. The van der Waals surface area contributed by atoms with E-state index in [1.165, 1.54) is 17.9 Å². The standard InChI is InChI=1S/C23H38N4O6S/c1-7-11-24-23(29)27-13-16(3)21(32-6)14-26(5)22(28)19-12-18(25-34(30,31)8-2)9-10-20(19)33-15-17(27)4/h9-10,12,16-17,21,25H,7-8,11,13-15H2,1-6H3,(H,24,29)/t16-,17+,21+/m1/s1. The predicted molar refractivity (Wildman–Crippen MR) is 132 cm³/mol. The number of hydrogen-bond acceptors (Lipinski definition) is 6. The van der Waals surface area contributed by atoms with Crippen molar-refractivity contribution < 1.29 is 27.5 Å². The molecule has 3 amide bonds. The maximum Gasteiger partial charge on any atom is 0.317 e. The van der Waals surface area contributed by atoms with Gasteiger partial charge in [0.05, 0.1) is 23.5 Å². The quantitative estimate of drug-likeness (QED) is 0.622. The van der Waals surface area contributed by atoms with Crippen molar-refractivity contribution in [3.63, 3.8) is 0 Å². The third kappa shape index (κ3) is 7.23. The molecule has 0 aliphatic carbocycles. The number of likely N-dealkylation sites (N-methyl/N-ethyl adjacent to an activating group) is 1. The first-order valence-electron chi connectivity index (χ1n) is 11.6. The summed E-state index contributed by atoms with van der Waals surface area (Å²) in [5.41, 5.74) is 0.513. The molecule has 192 valence electrons. The molecule has 0 radical (unpaired) electrons. The Labute approximate surface area is 203 Å². The number of fused-ring (bicyclic) bond motifs is 1. The van der Waals surface area contributed by atoms with Crippen LogP contribution in [0.4, 0.5) is 10.5 Å². The number of ether oxygens (including phenoxy) is 2. The molecule has 1 aromatic carbocycles. The van der Waals surface area contributed by atoms with Crippen LogP contribution in [0.5, 0.6) is 5.75 Å². The van der Waals surface area contributed by atoms with Crippen LogP contribution in [0.1, 0.15) is 44.5 Å². The Bertz CT molecular complexity index is 955. The van der Waals surface area contributed by atoms with Gasteiger partial charge in [-0.2, -0.15) is 0 Å². The second-order valence-corrected chi connectivity index (χ2v) is 10.7. The van der Waals surface area contributed by atoms with Crippen LogP contribution in [0.15, 0.2) is 18.2 Å². The van der Waals surface area contributed by atoms with E-state index in [4.69, 9.17) is 9.47 Å². The van der Waals surface area contributed by atoms with E-state index in [1.807, 2.05) is 20.8 Å². The topological polar surface area (TPSA) is 117 Å². The van der Waals surface area contributed by atoms with Crippen LogP contribution in [0.25, 0.3) is 0 Å². The normalized spacial score (nSPS) is 22.2. The van der Waals surface area contributed by atoms with Gasteiger partial charge in [0.2, 0.25) is 10.0 Å². The van der Waals surface area contributed by atoms with Gasteiger partial charge in [-0.15, -0.1) is 0 Å². The van der Waals surface area contributed by atoms with E-state index < -0.39 is 10.0 Å². The molecule has 1 heterocycles. The Morgan fingerprint density at radius 1 is 1.24 bits per heavy atom. The summed E-state index contributed by atoms with van der Waals surface area (Å²) in [5, 5.41) is 2.93. The summed E-state index contributed by atoms with van der Waals surface area (Å²) in [4.78, 5) is 29.5. The largest absolute Gasteiger partial charge is 0.491 e. The van der Waals surface area contributed by atoms with Gasteiger partial charge in [-0.25, -0.2) is 13.2 Å².